The minimum absolute atomic E-state index is 0.0229. The maximum absolute atomic E-state index is 13.0. The van der Waals surface area contributed by atoms with Crippen molar-refractivity contribution in [3.8, 4) is 0 Å². The maximum atomic E-state index is 13.0. The van der Waals surface area contributed by atoms with Crippen LogP contribution >= 0.6 is 0 Å². The van der Waals surface area contributed by atoms with Crippen molar-refractivity contribution in [1.29, 1.82) is 0 Å². The Kier molecular flexibility index (Phi) is 39.0. The zero-order valence-corrected chi connectivity index (χ0v) is 34.9. The van der Waals surface area contributed by atoms with Gasteiger partial charge in [-0.15, -0.1) is 0 Å². The number of esters is 2. The second-order valence-corrected chi connectivity index (χ2v) is 14.9. The van der Waals surface area contributed by atoms with Crippen molar-refractivity contribution in [2.45, 2.75) is 194 Å². The normalized spacial score (nSPS) is 12.2. The molecule has 0 aliphatic carbocycles. The summed E-state index contributed by atoms with van der Waals surface area (Å²) in [6, 6.07) is 0. The summed E-state index contributed by atoms with van der Waals surface area (Å²) >= 11 is 0. The first-order valence-electron chi connectivity index (χ1n) is 22.0. The van der Waals surface area contributed by atoms with Gasteiger partial charge in [0, 0.05) is 19.4 Å². The highest BCUT2D eigenvalue weighted by atomic mass is 16.7. The molecular weight excluding hydrogens is 666 g/mol. The van der Waals surface area contributed by atoms with Gasteiger partial charge < -0.3 is 24.3 Å². The molecule has 0 rings (SSSR count). The maximum Gasteiger partial charge on any atom is 0.508 e. The first-order valence-corrected chi connectivity index (χ1v) is 22.0. The van der Waals surface area contributed by atoms with E-state index in [4.69, 9.17) is 18.9 Å². The molecule has 0 aromatic heterocycles. The van der Waals surface area contributed by atoms with Crippen molar-refractivity contribution in [3.63, 3.8) is 0 Å². The van der Waals surface area contributed by atoms with Crippen LogP contribution in [0.2, 0.25) is 0 Å². The number of ether oxygens (including phenoxy) is 4. The number of carbonyl (C=O) groups is 3. The summed E-state index contributed by atoms with van der Waals surface area (Å²) in [5, 5.41) is 2.91. The molecule has 310 valence electrons. The summed E-state index contributed by atoms with van der Waals surface area (Å²) in [5.74, 6) is -0.648. The van der Waals surface area contributed by atoms with Crippen LogP contribution < -0.4 is 5.32 Å². The molecule has 0 saturated carbocycles. The van der Waals surface area contributed by atoms with E-state index < -0.39 is 12.1 Å². The van der Waals surface area contributed by atoms with Crippen LogP contribution in [0.4, 0.5) is 4.79 Å². The number of allylic oxidation sites excluding steroid dienone is 4. The van der Waals surface area contributed by atoms with Gasteiger partial charge in [0.1, 0.15) is 26.4 Å². The van der Waals surface area contributed by atoms with Gasteiger partial charge in [-0.25, -0.2) is 4.79 Å². The lowest BCUT2D eigenvalue weighted by molar-refractivity contribution is -0.150. The zero-order valence-electron chi connectivity index (χ0n) is 34.9. The molecule has 53 heavy (non-hydrogen) atoms. The van der Waals surface area contributed by atoms with E-state index in [0.29, 0.717) is 25.3 Å². The number of nitrogens with one attached hydrogen (secondary N) is 1. The number of hydrogen-bond acceptors (Lipinski definition) is 8. The number of likely N-dealkylation sites (N-methyl/N-ethyl adjacent to an activating group) is 1. The van der Waals surface area contributed by atoms with Gasteiger partial charge in [0.15, 0.2) is 0 Å². The van der Waals surface area contributed by atoms with Crippen molar-refractivity contribution < 1.29 is 33.3 Å². The monoisotopic (exact) mass is 750 g/mol. The molecule has 0 bridgehead atoms. The quantitative estimate of drug-likeness (QED) is 0.0287. The summed E-state index contributed by atoms with van der Waals surface area (Å²) in [6.07, 6.45) is 38.4. The molecule has 0 saturated heterocycles. The molecule has 1 N–H and O–H groups in total. The molecule has 0 spiro atoms. The zero-order chi connectivity index (χ0) is 38.9. The highest BCUT2D eigenvalue weighted by molar-refractivity contribution is 5.70. The molecule has 0 aromatic rings. The van der Waals surface area contributed by atoms with Crippen molar-refractivity contribution in [2.75, 3.05) is 40.0 Å². The van der Waals surface area contributed by atoms with Gasteiger partial charge in [-0.2, -0.15) is 0 Å². The fourth-order valence-electron chi connectivity index (χ4n) is 6.25. The Morgan fingerprint density at radius 1 is 0.509 bits per heavy atom. The number of carbonyl (C=O) groups excluding carboxylic acids is 3. The van der Waals surface area contributed by atoms with Crippen LogP contribution in [-0.4, -0.2) is 58.1 Å². The van der Waals surface area contributed by atoms with Gasteiger partial charge in [0.2, 0.25) is 0 Å². The van der Waals surface area contributed by atoms with Crippen LogP contribution in [0.3, 0.4) is 0 Å². The lowest BCUT2D eigenvalue weighted by Gasteiger charge is -2.19. The molecule has 0 fully saturated rings. The molecule has 0 heterocycles. The Bertz CT molecular complexity index is 874. The molecule has 0 amide bonds. The molecular formula is C45H83NO7. The average molecular weight is 750 g/mol. The van der Waals surface area contributed by atoms with Gasteiger partial charge in [-0.1, -0.05) is 154 Å². The van der Waals surface area contributed by atoms with E-state index in [1.807, 2.05) is 0 Å². The van der Waals surface area contributed by atoms with Gasteiger partial charge in [0.05, 0.1) is 5.92 Å². The average Bonchev–Trinajstić information content (AvgIpc) is 3.15. The fraction of sp³-hybridized carbons (Fsp3) is 0.844. The molecule has 1 unspecified atom stereocenters. The highest BCUT2D eigenvalue weighted by Crippen LogP contribution is 2.23. The minimum atomic E-state index is -0.786. The van der Waals surface area contributed by atoms with Crippen LogP contribution in [-0.2, 0) is 28.5 Å². The van der Waals surface area contributed by atoms with Gasteiger partial charge in [0.25, 0.3) is 0 Å². The third kappa shape index (κ3) is 37.7. The van der Waals surface area contributed by atoms with Crippen LogP contribution in [0.25, 0.3) is 0 Å². The number of hydrogen-bond donors (Lipinski definition) is 1. The van der Waals surface area contributed by atoms with E-state index >= 15 is 0 Å². The SMILES string of the molecule is CCCCC/C=C\C/C=C\CCCCCCCC(=O)OCC(COC(=O)CC(CCCCCCCC)CCCCCCCC)COC(=O)OCCNC. The lowest BCUT2D eigenvalue weighted by atomic mass is 9.91. The van der Waals surface area contributed by atoms with Crippen molar-refractivity contribution >= 4 is 18.1 Å². The van der Waals surface area contributed by atoms with E-state index in [-0.39, 0.29) is 38.4 Å². The Hall–Kier alpha value is -2.35. The van der Waals surface area contributed by atoms with E-state index in [0.717, 1.165) is 70.6 Å². The van der Waals surface area contributed by atoms with Crippen LogP contribution in [0.5, 0.6) is 0 Å². The van der Waals surface area contributed by atoms with Gasteiger partial charge >= 0.3 is 18.1 Å². The molecule has 0 radical (unpaired) electrons. The fourth-order valence-corrected chi connectivity index (χ4v) is 6.25. The summed E-state index contributed by atoms with van der Waals surface area (Å²) in [6.45, 7) is 7.41. The summed E-state index contributed by atoms with van der Waals surface area (Å²) in [4.78, 5) is 37.7. The van der Waals surface area contributed by atoms with Gasteiger partial charge in [-0.05, 0) is 64.3 Å². The molecule has 8 heteroatoms. The first kappa shape index (κ1) is 50.6. The molecule has 0 aromatic carbocycles. The smallest absolute Gasteiger partial charge is 0.465 e. The third-order valence-corrected chi connectivity index (χ3v) is 9.69. The minimum Gasteiger partial charge on any atom is -0.465 e. The van der Waals surface area contributed by atoms with Crippen LogP contribution in [0.1, 0.15) is 194 Å². The topological polar surface area (TPSA) is 100 Å². The van der Waals surface area contributed by atoms with Crippen LogP contribution in [0, 0.1) is 11.8 Å². The molecule has 0 aliphatic heterocycles. The van der Waals surface area contributed by atoms with Crippen molar-refractivity contribution in [3.05, 3.63) is 24.3 Å². The first-order chi connectivity index (χ1) is 26.0. The van der Waals surface area contributed by atoms with E-state index in [1.54, 1.807) is 7.05 Å². The Labute approximate surface area is 326 Å². The largest absolute Gasteiger partial charge is 0.508 e. The van der Waals surface area contributed by atoms with Crippen molar-refractivity contribution in [2.24, 2.45) is 11.8 Å². The lowest BCUT2D eigenvalue weighted by Crippen LogP contribution is -2.27. The number of unbranched alkanes of at least 4 members (excludes halogenated alkanes) is 18. The number of rotatable bonds is 39. The van der Waals surface area contributed by atoms with Crippen LogP contribution in [0.15, 0.2) is 24.3 Å². The summed E-state index contributed by atoms with van der Waals surface area (Å²) in [5.41, 5.74) is 0. The predicted molar refractivity (Wildman–Crippen MR) is 220 cm³/mol. The second-order valence-electron chi connectivity index (χ2n) is 14.9. The highest BCUT2D eigenvalue weighted by Gasteiger charge is 2.20. The van der Waals surface area contributed by atoms with Gasteiger partial charge in [-0.3, -0.25) is 9.59 Å². The molecule has 8 nitrogen and oxygen atoms in total. The van der Waals surface area contributed by atoms with E-state index in [9.17, 15) is 14.4 Å². The molecule has 1 atom stereocenters. The van der Waals surface area contributed by atoms with E-state index in [2.05, 4.69) is 50.4 Å². The Morgan fingerprint density at radius 3 is 1.57 bits per heavy atom. The molecule has 0 aliphatic rings. The standard InChI is InChI=1S/C45H83NO7/c1-5-8-11-14-17-18-19-20-21-22-23-24-25-28-31-34-43(47)51-38-42(40-53-45(49)50-36-35-46-4)39-52-44(48)37-41(32-29-26-15-12-9-6-2)33-30-27-16-13-10-7-3/h17-18,20-21,41-42,46H,5-16,19,22-40H2,1-4H3/b18-17-,21-20-. The second kappa shape index (κ2) is 40.8. The predicted octanol–water partition coefficient (Wildman–Crippen LogP) is 12.4. The van der Waals surface area contributed by atoms with E-state index in [1.165, 1.54) is 89.9 Å². The third-order valence-electron chi connectivity index (χ3n) is 9.69. The summed E-state index contributed by atoms with van der Waals surface area (Å²) in [7, 11) is 1.77. The Morgan fingerprint density at radius 2 is 0.981 bits per heavy atom. The Balaban J connectivity index is 4.67. The summed E-state index contributed by atoms with van der Waals surface area (Å²) < 4.78 is 21.7. The van der Waals surface area contributed by atoms with Crippen molar-refractivity contribution in [1.82, 2.24) is 5.32 Å².